The highest BCUT2D eigenvalue weighted by molar-refractivity contribution is 8.01. The predicted octanol–water partition coefficient (Wildman–Crippen LogP) is 1.90. The lowest BCUT2D eigenvalue weighted by atomic mass is 9.83. The minimum Gasteiger partial charge on any atom is -0.459 e. The minimum atomic E-state index is -0.851. The maximum absolute atomic E-state index is 12.6. The van der Waals surface area contributed by atoms with E-state index in [1.54, 1.807) is 16.7 Å². The van der Waals surface area contributed by atoms with Crippen LogP contribution in [0.25, 0.3) is 0 Å². The van der Waals surface area contributed by atoms with Crippen molar-refractivity contribution in [3.63, 3.8) is 0 Å². The quantitative estimate of drug-likeness (QED) is 0.672. The highest BCUT2D eigenvalue weighted by Gasteiger charge is 2.69. The zero-order chi connectivity index (χ0) is 16.8. The first kappa shape index (κ1) is 16.3. The lowest BCUT2D eigenvalue weighted by Gasteiger charge is -2.50. The molecule has 124 valence electrons. The molecule has 0 aromatic heterocycles. The molecule has 1 amide bonds. The first-order valence-corrected chi connectivity index (χ1v) is 8.69. The van der Waals surface area contributed by atoms with Crippen molar-refractivity contribution in [3.8, 4) is 0 Å². The number of ether oxygens (including phenoxy) is 1. The Bertz CT molecular complexity index is 634. The van der Waals surface area contributed by atoms with Crippen LogP contribution in [0.5, 0.6) is 0 Å². The van der Waals surface area contributed by atoms with Crippen molar-refractivity contribution < 1.29 is 14.3 Å². The molecule has 2 heterocycles. The largest absolute Gasteiger partial charge is 0.459 e. The van der Waals surface area contributed by atoms with Crippen LogP contribution >= 0.6 is 11.8 Å². The zero-order valence-corrected chi connectivity index (χ0v) is 14.4. The Morgan fingerprint density at radius 2 is 2.00 bits per heavy atom. The van der Waals surface area contributed by atoms with Gasteiger partial charge in [-0.05, 0) is 25.8 Å². The summed E-state index contributed by atoms with van der Waals surface area (Å²) >= 11 is 1.59. The van der Waals surface area contributed by atoms with Crippen molar-refractivity contribution in [2.24, 2.45) is 5.73 Å². The Balaban J connectivity index is 1.74. The number of benzene rings is 1. The number of hydrogen-bond donors (Lipinski definition) is 1. The number of β-lactam (4-membered cyclic amide) rings is 1. The molecule has 0 spiro atoms. The molecule has 0 aliphatic carbocycles. The summed E-state index contributed by atoms with van der Waals surface area (Å²) in [6.07, 6.45) is 0.571. The Morgan fingerprint density at radius 3 is 2.61 bits per heavy atom. The number of nitrogens with two attached hydrogens (primary N) is 1. The molecule has 5 nitrogen and oxygen atoms in total. The molecular weight excluding hydrogens is 312 g/mol. The number of carbonyl (C=O) groups is 2. The number of hydrogen-bond acceptors (Lipinski definition) is 5. The highest BCUT2D eigenvalue weighted by atomic mass is 32.2. The fourth-order valence-electron chi connectivity index (χ4n) is 3.27. The van der Waals surface area contributed by atoms with Crippen molar-refractivity contribution >= 4 is 23.6 Å². The third kappa shape index (κ3) is 2.44. The monoisotopic (exact) mass is 334 g/mol. The number of nitrogens with zero attached hydrogens (tertiary/aromatic N) is 1. The molecule has 1 unspecified atom stereocenters. The number of rotatable bonds is 4. The van der Waals surface area contributed by atoms with E-state index in [2.05, 4.69) is 0 Å². The number of amides is 1. The fraction of sp³-hybridized carbons (Fsp3) is 0.529. The fourth-order valence-corrected chi connectivity index (χ4v) is 4.99. The second-order valence-corrected chi connectivity index (χ2v) is 8.41. The third-order valence-corrected chi connectivity index (χ3v) is 6.41. The molecule has 2 aliphatic heterocycles. The van der Waals surface area contributed by atoms with Crippen molar-refractivity contribution in [2.75, 3.05) is 0 Å². The van der Waals surface area contributed by atoms with Gasteiger partial charge in [-0.2, -0.15) is 0 Å². The first-order valence-electron chi connectivity index (χ1n) is 7.81. The standard InChI is InChI=1S/C17H22N2O3S/c1-4-17(18)14(21)19-12(16(2,3)23-15(17)19)13(20)22-10-11-8-6-5-7-9-11/h5-9,12,15H,4,10,18H2,1-3H3/t12-,15+,17?/m0/s1. The van der Waals surface area contributed by atoms with Crippen LogP contribution in [0.15, 0.2) is 30.3 Å². The zero-order valence-electron chi connectivity index (χ0n) is 13.6. The second-order valence-electron chi connectivity index (χ2n) is 6.68. The first-order chi connectivity index (χ1) is 10.8. The van der Waals surface area contributed by atoms with Gasteiger partial charge in [0, 0.05) is 4.75 Å². The van der Waals surface area contributed by atoms with E-state index >= 15 is 0 Å². The number of carbonyl (C=O) groups excluding carboxylic acids is 2. The van der Waals surface area contributed by atoms with Gasteiger partial charge in [-0.25, -0.2) is 4.79 Å². The summed E-state index contributed by atoms with van der Waals surface area (Å²) in [5, 5.41) is -0.149. The summed E-state index contributed by atoms with van der Waals surface area (Å²) in [4.78, 5) is 26.7. The summed E-state index contributed by atoms with van der Waals surface area (Å²) in [5.41, 5.74) is 6.29. The summed E-state index contributed by atoms with van der Waals surface area (Å²) < 4.78 is 5.05. The lowest BCUT2D eigenvalue weighted by Crippen LogP contribution is -2.77. The van der Waals surface area contributed by atoms with E-state index in [0.29, 0.717) is 6.42 Å². The van der Waals surface area contributed by atoms with Crippen LogP contribution in [0.2, 0.25) is 0 Å². The Kier molecular flexibility index (Phi) is 3.92. The summed E-state index contributed by atoms with van der Waals surface area (Å²) in [7, 11) is 0. The third-order valence-electron chi connectivity index (χ3n) is 4.71. The van der Waals surface area contributed by atoms with Gasteiger partial charge >= 0.3 is 5.97 Å². The van der Waals surface area contributed by atoms with Crippen LogP contribution < -0.4 is 5.73 Å². The van der Waals surface area contributed by atoms with Gasteiger partial charge in [-0.3, -0.25) is 4.79 Å². The smallest absolute Gasteiger partial charge is 0.330 e. The average molecular weight is 334 g/mol. The van der Waals surface area contributed by atoms with Gasteiger partial charge in [-0.15, -0.1) is 11.8 Å². The molecule has 6 heteroatoms. The van der Waals surface area contributed by atoms with Crippen LogP contribution in [0.1, 0.15) is 32.8 Å². The molecule has 1 aromatic rings. The Morgan fingerprint density at radius 1 is 1.35 bits per heavy atom. The number of esters is 1. The predicted molar refractivity (Wildman–Crippen MR) is 89.5 cm³/mol. The van der Waals surface area contributed by atoms with Crippen molar-refractivity contribution in [1.29, 1.82) is 0 Å². The molecule has 23 heavy (non-hydrogen) atoms. The van der Waals surface area contributed by atoms with Gasteiger partial charge in [-0.1, -0.05) is 37.3 Å². The van der Waals surface area contributed by atoms with Crippen LogP contribution in [0.4, 0.5) is 0 Å². The van der Waals surface area contributed by atoms with Crippen LogP contribution in [0.3, 0.4) is 0 Å². The van der Waals surface area contributed by atoms with Gasteiger partial charge in [0.05, 0.1) is 0 Å². The topological polar surface area (TPSA) is 72.6 Å². The molecule has 2 fully saturated rings. The van der Waals surface area contributed by atoms with Crippen LogP contribution in [-0.2, 0) is 20.9 Å². The van der Waals surface area contributed by atoms with E-state index in [1.165, 1.54) is 0 Å². The van der Waals surface area contributed by atoms with E-state index in [-0.39, 0.29) is 23.9 Å². The maximum atomic E-state index is 12.6. The van der Waals surface area contributed by atoms with E-state index in [4.69, 9.17) is 10.5 Å². The average Bonchev–Trinajstić information content (AvgIpc) is 2.82. The number of fused-ring (bicyclic) bond motifs is 1. The molecule has 3 rings (SSSR count). The van der Waals surface area contributed by atoms with Gasteiger partial charge in [0.15, 0.2) is 0 Å². The summed E-state index contributed by atoms with van der Waals surface area (Å²) in [5.74, 6) is -0.509. The van der Waals surface area contributed by atoms with Gasteiger partial charge in [0.2, 0.25) is 5.91 Å². The van der Waals surface area contributed by atoms with Crippen LogP contribution in [0, 0.1) is 0 Å². The van der Waals surface area contributed by atoms with Gasteiger partial charge < -0.3 is 15.4 Å². The van der Waals surface area contributed by atoms with Crippen molar-refractivity contribution in [1.82, 2.24) is 4.90 Å². The normalized spacial score (nSPS) is 31.5. The molecule has 1 aromatic carbocycles. The molecule has 0 radical (unpaired) electrons. The lowest BCUT2D eigenvalue weighted by molar-refractivity contribution is -0.169. The Labute approximate surface area is 140 Å². The molecule has 2 N–H and O–H groups in total. The highest BCUT2D eigenvalue weighted by Crippen LogP contribution is 2.55. The second kappa shape index (κ2) is 5.53. The molecule has 0 saturated carbocycles. The molecule has 0 bridgehead atoms. The van der Waals surface area contributed by atoms with Crippen molar-refractivity contribution in [3.05, 3.63) is 35.9 Å². The van der Waals surface area contributed by atoms with E-state index in [9.17, 15) is 9.59 Å². The Hall–Kier alpha value is -1.53. The van der Waals surface area contributed by atoms with E-state index in [1.807, 2.05) is 51.1 Å². The van der Waals surface area contributed by atoms with E-state index in [0.717, 1.165) is 5.56 Å². The van der Waals surface area contributed by atoms with Crippen LogP contribution in [-0.4, -0.2) is 38.5 Å². The van der Waals surface area contributed by atoms with Gasteiger partial charge in [0.1, 0.15) is 23.6 Å². The summed E-state index contributed by atoms with van der Waals surface area (Å²) in [6.45, 7) is 6.05. The molecule has 2 saturated heterocycles. The SMILES string of the molecule is CCC1(N)C(=O)N2[C@@H](C(=O)OCc3ccccc3)C(C)(C)S[C@@H]21. The summed E-state index contributed by atoms with van der Waals surface area (Å²) in [6, 6.07) is 8.94. The molecule has 3 atom stereocenters. The molecule has 2 aliphatic rings. The van der Waals surface area contributed by atoms with E-state index < -0.39 is 16.3 Å². The number of thioether (sulfide) groups is 1. The van der Waals surface area contributed by atoms with Gasteiger partial charge in [0.25, 0.3) is 0 Å². The molecular formula is C17H22N2O3S. The van der Waals surface area contributed by atoms with Crippen molar-refractivity contribution in [2.45, 2.75) is 55.5 Å². The minimum absolute atomic E-state index is 0.148. The maximum Gasteiger partial charge on any atom is 0.330 e.